The predicted molar refractivity (Wildman–Crippen MR) is 87.1 cm³/mol. The van der Waals surface area contributed by atoms with E-state index in [9.17, 15) is 9.90 Å². The van der Waals surface area contributed by atoms with Crippen molar-refractivity contribution in [2.24, 2.45) is 0 Å². The molecule has 2 aromatic rings. The lowest BCUT2D eigenvalue weighted by atomic mass is 10.0. The molecule has 0 spiro atoms. The van der Waals surface area contributed by atoms with Gasteiger partial charge in [0, 0.05) is 23.2 Å². The molecule has 5 heteroatoms. The van der Waals surface area contributed by atoms with E-state index in [0.717, 1.165) is 31.5 Å². The molecule has 0 aliphatic carbocycles. The first-order chi connectivity index (χ1) is 10.7. The Hall–Kier alpha value is -1.72. The molecule has 1 aliphatic rings. The van der Waals surface area contributed by atoms with Gasteiger partial charge in [0.25, 0.3) is 0 Å². The van der Waals surface area contributed by atoms with Gasteiger partial charge < -0.3 is 5.11 Å². The second-order valence-electron chi connectivity index (χ2n) is 5.74. The molecule has 0 aromatic carbocycles. The van der Waals surface area contributed by atoms with E-state index in [4.69, 9.17) is 0 Å². The maximum atomic E-state index is 11.6. The molecule has 2 atom stereocenters. The molecule has 0 amide bonds. The number of nitrogens with zero attached hydrogens (tertiary/aromatic N) is 2. The van der Waals surface area contributed by atoms with Gasteiger partial charge in [-0.05, 0) is 55.5 Å². The number of rotatable bonds is 5. The van der Waals surface area contributed by atoms with Gasteiger partial charge in [0.2, 0.25) is 0 Å². The van der Waals surface area contributed by atoms with Crippen molar-refractivity contribution in [3.63, 3.8) is 0 Å². The summed E-state index contributed by atoms with van der Waals surface area (Å²) in [5.74, 6) is -0.710. The summed E-state index contributed by atoms with van der Waals surface area (Å²) in [6.45, 7) is 2.94. The van der Waals surface area contributed by atoms with Crippen LogP contribution in [-0.4, -0.2) is 33.5 Å². The van der Waals surface area contributed by atoms with E-state index in [1.165, 1.54) is 10.4 Å². The fraction of sp³-hybridized carbons (Fsp3) is 0.412. The number of aliphatic carboxylic acids is 1. The Morgan fingerprint density at radius 3 is 3.00 bits per heavy atom. The minimum absolute atomic E-state index is 0.0958. The monoisotopic (exact) mass is 316 g/mol. The topological polar surface area (TPSA) is 53.4 Å². The Morgan fingerprint density at radius 2 is 2.36 bits per heavy atom. The zero-order chi connectivity index (χ0) is 15.5. The first-order valence-corrected chi connectivity index (χ1v) is 8.47. The fourth-order valence-electron chi connectivity index (χ4n) is 3.23. The lowest BCUT2D eigenvalue weighted by molar-refractivity contribution is -0.143. The van der Waals surface area contributed by atoms with Crippen LogP contribution in [0.1, 0.15) is 35.0 Å². The van der Waals surface area contributed by atoms with Crippen LogP contribution < -0.4 is 0 Å². The molecule has 116 valence electrons. The molecule has 1 aliphatic heterocycles. The van der Waals surface area contributed by atoms with Crippen molar-refractivity contribution in [2.75, 3.05) is 6.54 Å². The van der Waals surface area contributed by atoms with Gasteiger partial charge >= 0.3 is 5.97 Å². The molecule has 0 radical (unpaired) electrons. The Bertz CT molecular complexity index is 641. The van der Waals surface area contributed by atoms with Gasteiger partial charge in [-0.1, -0.05) is 6.07 Å². The van der Waals surface area contributed by atoms with Crippen LogP contribution in [0.2, 0.25) is 0 Å². The number of hydrogen-bond acceptors (Lipinski definition) is 4. The number of carbonyl (C=O) groups is 1. The van der Waals surface area contributed by atoms with Crippen molar-refractivity contribution < 1.29 is 9.90 Å². The number of likely N-dealkylation sites (tertiary alicyclic amines) is 1. The van der Waals surface area contributed by atoms with Crippen LogP contribution in [0.5, 0.6) is 0 Å². The fourth-order valence-corrected chi connectivity index (χ4v) is 4.28. The van der Waals surface area contributed by atoms with Crippen LogP contribution in [0, 0.1) is 6.92 Å². The molecular weight excluding hydrogens is 296 g/mol. The number of carboxylic acids is 1. The van der Waals surface area contributed by atoms with Crippen molar-refractivity contribution in [3.8, 4) is 0 Å². The molecule has 0 saturated carbocycles. The summed E-state index contributed by atoms with van der Waals surface area (Å²) in [6, 6.07) is 7.73. The Balaban J connectivity index is 1.93. The van der Waals surface area contributed by atoms with E-state index in [1.54, 1.807) is 17.5 Å². The normalized spacial score (nSPS) is 20.1. The van der Waals surface area contributed by atoms with E-state index in [2.05, 4.69) is 28.3 Å². The maximum absolute atomic E-state index is 11.6. The molecule has 22 heavy (non-hydrogen) atoms. The summed E-state index contributed by atoms with van der Waals surface area (Å²) in [4.78, 5) is 19.4. The van der Waals surface area contributed by atoms with Gasteiger partial charge in [0.05, 0.1) is 6.04 Å². The largest absolute Gasteiger partial charge is 0.480 e. The minimum atomic E-state index is -0.710. The molecule has 1 saturated heterocycles. The maximum Gasteiger partial charge on any atom is 0.320 e. The molecule has 4 nitrogen and oxygen atoms in total. The van der Waals surface area contributed by atoms with Gasteiger partial charge in [-0.3, -0.25) is 14.7 Å². The second-order valence-corrected chi connectivity index (χ2v) is 6.69. The highest BCUT2D eigenvalue weighted by molar-refractivity contribution is 7.10. The highest BCUT2D eigenvalue weighted by Crippen LogP contribution is 2.36. The van der Waals surface area contributed by atoms with E-state index >= 15 is 0 Å². The summed E-state index contributed by atoms with van der Waals surface area (Å²) in [5, 5.41) is 11.6. The number of hydrogen-bond donors (Lipinski definition) is 1. The number of carboxylic acid groups (broad SMARTS) is 1. The zero-order valence-electron chi connectivity index (χ0n) is 12.6. The third-order valence-electron chi connectivity index (χ3n) is 4.31. The molecular formula is C17H20N2O2S. The lowest BCUT2D eigenvalue weighted by Crippen LogP contribution is -2.39. The van der Waals surface area contributed by atoms with Gasteiger partial charge in [0.15, 0.2) is 0 Å². The number of thiophene rings is 1. The van der Waals surface area contributed by atoms with Crippen molar-refractivity contribution in [1.82, 2.24) is 9.88 Å². The summed E-state index contributed by atoms with van der Waals surface area (Å²) in [6.07, 6.45) is 4.23. The number of pyridine rings is 1. The lowest BCUT2D eigenvalue weighted by Gasteiger charge is -2.31. The zero-order valence-corrected chi connectivity index (χ0v) is 13.4. The van der Waals surface area contributed by atoms with E-state index in [0.29, 0.717) is 0 Å². The van der Waals surface area contributed by atoms with Gasteiger partial charge in [-0.25, -0.2) is 0 Å². The standard InChI is InChI=1S/C17H20N2O2S/c1-12-7-10-22-16(12)15(11-13-5-2-3-8-18-13)19-9-4-6-14(19)17(20)21/h2-3,5,7-8,10,14-15H,4,6,9,11H2,1H3,(H,20,21). The van der Waals surface area contributed by atoms with E-state index < -0.39 is 5.97 Å². The van der Waals surface area contributed by atoms with Gasteiger partial charge in [-0.2, -0.15) is 0 Å². The SMILES string of the molecule is Cc1ccsc1C(Cc1ccccn1)N1CCCC1C(=O)O. The molecule has 2 unspecified atom stereocenters. The quantitative estimate of drug-likeness (QED) is 0.919. The van der Waals surface area contributed by atoms with Crippen molar-refractivity contribution in [2.45, 2.75) is 38.3 Å². The summed E-state index contributed by atoms with van der Waals surface area (Å²) in [5.41, 5.74) is 2.25. The van der Waals surface area contributed by atoms with Crippen LogP contribution >= 0.6 is 11.3 Å². The first kappa shape index (κ1) is 15.2. The van der Waals surface area contributed by atoms with E-state index in [-0.39, 0.29) is 12.1 Å². The number of aromatic nitrogens is 1. The van der Waals surface area contributed by atoms with Crippen molar-refractivity contribution >= 4 is 17.3 Å². The molecule has 1 fully saturated rings. The molecule has 2 aromatic heterocycles. The van der Waals surface area contributed by atoms with Crippen LogP contribution in [-0.2, 0) is 11.2 Å². The molecule has 0 bridgehead atoms. The molecule has 1 N–H and O–H groups in total. The van der Waals surface area contributed by atoms with Crippen LogP contribution in [0.3, 0.4) is 0 Å². The van der Waals surface area contributed by atoms with Crippen molar-refractivity contribution in [3.05, 3.63) is 52.0 Å². The molecule has 3 heterocycles. The van der Waals surface area contributed by atoms with Crippen LogP contribution in [0.4, 0.5) is 0 Å². The molecule has 3 rings (SSSR count). The summed E-state index contributed by atoms with van der Waals surface area (Å²) >= 11 is 1.72. The van der Waals surface area contributed by atoms with Gasteiger partial charge in [-0.15, -0.1) is 11.3 Å². The predicted octanol–water partition coefficient (Wildman–Crippen LogP) is 3.28. The van der Waals surface area contributed by atoms with Crippen LogP contribution in [0.25, 0.3) is 0 Å². The first-order valence-electron chi connectivity index (χ1n) is 7.59. The summed E-state index contributed by atoms with van der Waals surface area (Å²) in [7, 11) is 0. The average molecular weight is 316 g/mol. The highest BCUT2D eigenvalue weighted by Gasteiger charge is 2.37. The van der Waals surface area contributed by atoms with E-state index in [1.807, 2.05) is 18.2 Å². The Kier molecular flexibility index (Phi) is 4.55. The highest BCUT2D eigenvalue weighted by atomic mass is 32.1. The average Bonchev–Trinajstić information content (AvgIpc) is 3.15. The van der Waals surface area contributed by atoms with Gasteiger partial charge in [0.1, 0.15) is 6.04 Å². The minimum Gasteiger partial charge on any atom is -0.480 e. The van der Waals surface area contributed by atoms with Crippen LogP contribution in [0.15, 0.2) is 35.8 Å². The Morgan fingerprint density at radius 1 is 1.50 bits per heavy atom. The van der Waals surface area contributed by atoms with Crippen molar-refractivity contribution in [1.29, 1.82) is 0 Å². The summed E-state index contributed by atoms with van der Waals surface area (Å²) < 4.78 is 0. The third-order valence-corrected chi connectivity index (χ3v) is 5.43. The second kappa shape index (κ2) is 6.58. The smallest absolute Gasteiger partial charge is 0.320 e. The third kappa shape index (κ3) is 3.05. The number of aryl methyl sites for hydroxylation is 1. The Labute approximate surface area is 134 Å².